The van der Waals surface area contributed by atoms with Crippen molar-refractivity contribution in [1.82, 2.24) is 0 Å². The largest absolute Gasteiger partial charge is 0.508 e. The van der Waals surface area contributed by atoms with Crippen LogP contribution in [0.2, 0.25) is 0 Å². The molecule has 0 fully saturated rings. The van der Waals surface area contributed by atoms with Gasteiger partial charge in [0.05, 0.1) is 12.7 Å². The Labute approximate surface area is 166 Å². The molecule has 0 unspecified atom stereocenters. The van der Waals surface area contributed by atoms with Gasteiger partial charge in [-0.1, -0.05) is 12.1 Å². The van der Waals surface area contributed by atoms with Crippen molar-refractivity contribution in [2.75, 3.05) is 20.5 Å². The van der Waals surface area contributed by atoms with E-state index < -0.39 is 17.9 Å². The number of benzene rings is 2. The number of aliphatic hydroxyl groups excluding tert-OH is 1. The average Bonchev–Trinajstić information content (AvgIpc) is 3.29. The van der Waals surface area contributed by atoms with Gasteiger partial charge in [-0.2, -0.15) is 0 Å². The van der Waals surface area contributed by atoms with E-state index in [2.05, 4.69) is 0 Å². The fourth-order valence-corrected chi connectivity index (χ4v) is 3.40. The maximum atomic E-state index is 12.4. The fraction of sp³-hybridized carbons (Fsp3) is 0.238. The van der Waals surface area contributed by atoms with E-state index in [1.807, 2.05) is 0 Å². The predicted molar refractivity (Wildman–Crippen MR) is 99.3 cm³/mol. The van der Waals surface area contributed by atoms with E-state index in [1.165, 1.54) is 13.0 Å². The number of cyclic esters (lactones) is 1. The Morgan fingerprint density at radius 1 is 1.10 bits per heavy atom. The molecule has 1 atom stereocenters. The van der Waals surface area contributed by atoms with E-state index in [0.29, 0.717) is 28.4 Å². The van der Waals surface area contributed by atoms with Crippen LogP contribution in [0.25, 0.3) is 0 Å². The van der Waals surface area contributed by atoms with Crippen molar-refractivity contribution >= 4 is 11.9 Å². The minimum absolute atomic E-state index is 0.0293. The Hall–Kier alpha value is -3.68. The number of carbonyl (C=O) groups is 2. The molecule has 2 aromatic rings. The van der Waals surface area contributed by atoms with Gasteiger partial charge in [0.25, 0.3) is 0 Å². The maximum absolute atomic E-state index is 12.4. The summed E-state index contributed by atoms with van der Waals surface area (Å²) < 4.78 is 26.4. The fourth-order valence-electron chi connectivity index (χ4n) is 3.40. The third-order valence-corrected chi connectivity index (χ3v) is 4.68. The van der Waals surface area contributed by atoms with Gasteiger partial charge in [0, 0.05) is 24.5 Å². The summed E-state index contributed by atoms with van der Waals surface area (Å²) in [6, 6.07) is 10.2. The van der Waals surface area contributed by atoms with Gasteiger partial charge >= 0.3 is 11.9 Å². The van der Waals surface area contributed by atoms with Crippen molar-refractivity contribution in [3.63, 3.8) is 0 Å². The summed E-state index contributed by atoms with van der Waals surface area (Å²) >= 11 is 0. The quantitative estimate of drug-likeness (QED) is 0.606. The lowest BCUT2D eigenvalue weighted by molar-refractivity contribution is -0.136. The first-order valence-corrected chi connectivity index (χ1v) is 8.83. The summed E-state index contributed by atoms with van der Waals surface area (Å²) in [4.78, 5) is 24.1. The molecule has 0 radical (unpaired) electrons. The molecule has 1 N–H and O–H groups in total. The van der Waals surface area contributed by atoms with Crippen molar-refractivity contribution in [1.29, 1.82) is 0 Å². The standard InChI is InChI=1S/C21H18O8/c1-11(22)29-16-8-18-17(27-10-28-18)7-14(16)19(20-15(23)9-26-21(20)24)12-3-5-13(25-2)6-4-12/h3-8,19,23H,9-10H2,1-2H3/t19-/m1/s1. The second-order valence-electron chi connectivity index (χ2n) is 6.48. The average molecular weight is 398 g/mol. The Balaban J connectivity index is 1.92. The first kappa shape index (κ1) is 18.7. The molecule has 0 aromatic heterocycles. The van der Waals surface area contributed by atoms with Crippen molar-refractivity contribution < 1.29 is 38.4 Å². The van der Waals surface area contributed by atoms with Crippen LogP contribution < -0.4 is 18.9 Å². The molecule has 0 saturated carbocycles. The summed E-state index contributed by atoms with van der Waals surface area (Å²) in [7, 11) is 1.55. The highest BCUT2D eigenvalue weighted by Gasteiger charge is 2.37. The molecule has 0 aliphatic carbocycles. The van der Waals surface area contributed by atoms with Crippen LogP contribution in [0.15, 0.2) is 47.7 Å². The van der Waals surface area contributed by atoms with Crippen LogP contribution in [0.3, 0.4) is 0 Å². The molecule has 8 heteroatoms. The Morgan fingerprint density at radius 2 is 1.79 bits per heavy atom. The number of hydrogen-bond donors (Lipinski definition) is 1. The molecular formula is C21H18O8. The minimum atomic E-state index is -0.764. The number of ether oxygens (including phenoxy) is 5. The van der Waals surface area contributed by atoms with Gasteiger partial charge in [-0.15, -0.1) is 0 Å². The van der Waals surface area contributed by atoms with Gasteiger partial charge in [-0.05, 0) is 23.8 Å². The van der Waals surface area contributed by atoms with Crippen LogP contribution in [0.4, 0.5) is 0 Å². The lowest BCUT2D eigenvalue weighted by Gasteiger charge is -2.21. The molecule has 2 heterocycles. The van der Waals surface area contributed by atoms with Crippen LogP contribution in [0.1, 0.15) is 24.0 Å². The number of hydrogen-bond acceptors (Lipinski definition) is 8. The topological polar surface area (TPSA) is 101 Å². The second kappa shape index (κ2) is 7.38. The molecule has 0 saturated heterocycles. The molecular weight excluding hydrogens is 380 g/mol. The number of carbonyl (C=O) groups excluding carboxylic acids is 2. The summed E-state index contributed by atoms with van der Waals surface area (Å²) in [5.41, 5.74) is 1.19. The van der Waals surface area contributed by atoms with Crippen LogP contribution in [-0.4, -0.2) is 37.6 Å². The zero-order valence-corrected chi connectivity index (χ0v) is 15.8. The van der Waals surface area contributed by atoms with E-state index in [1.54, 1.807) is 37.4 Å². The summed E-state index contributed by atoms with van der Waals surface area (Å²) in [5.74, 6) is -0.428. The van der Waals surface area contributed by atoms with Crippen molar-refractivity contribution in [2.24, 2.45) is 0 Å². The predicted octanol–water partition coefficient (Wildman–Crippen LogP) is 2.85. The molecule has 4 rings (SSSR count). The first-order chi connectivity index (χ1) is 14.0. The Morgan fingerprint density at radius 3 is 2.38 bits per heavy atom. The van der Waals surface area contributed by atoms with E-state index in [-0.39, 0.29) is 30.5 Å². The number of rotatable bonds is 5. The molecule has 0 bridgehead atoms. The molecule has 29 heavy (non-hydrogen) atoms. The highest BCUT2D eigenvalue weighted by atomic mass is 16.7. The van der Waals surface area contributed by atoms with Gasteiger partial charge in [0.1, 0.15) is 23.9 Å². The molecule has 150 valence electrons. The van der Waals surface area contributed by atoms with E-state index in [0.717, 1.165) is 0 Å². The third kappa shape index (κ3) is 3.44. The zero-order chi connectivity index (χ0) is 20.5. The van der Waals surface area contributed by atoms with Gasteiger partial charge < -0.3 is 28.8 Å². The smallest absolute Gasteiger partial charge is 0.338 e. The first-order valence-electron chi connectivity index (χ1n) is 8.83. The molecule has 0 spiro atoms. The highest BCUT2D eigenvalue weighted by molar-refractivity contribution is 5.94. The number of methoxy groups -OCH3 is 1. The second-order valence-corrected chi connectivity index (χ2v) is 6.48. The third-order valence-electron chi connectivity index (χ3n) is 4.68. The van der Waals surface area contributed by atoms with E-state index >= 15 is 0 Å². The van der Waals surface area contributed by atoms with E-state index in [4.69, 9.17) is 23.7 Å². The van der Waals surface area contributed by atoms with Crippen LogP contribution in [0, 0.1) is 0 Å². The molecule has 0 amide bonds. The zero-order valence-electron chi connectivity index (χ0n) is 15.8. The normalized spacial score (nSPS) is 15.9. The lowest BCUT2D eigenvalue weighted by atomic mass is 9.83. The summed E-state index contributed by atoms with van der Waals surface area (Å²) in [6.07, 6.45) is 0. The lowest BCUT2D eigenvalue weighted by Crippen LogP contribution is -2.14. The Kier molecular flexibility index (Phi) is 4.75. The molecule has 2 aliphatic rings. The van der Waals surface area contributed by atoms with Gasteiger partial charge in [0.15, 0.2) is 11.5 Å². The number of fused-ring (bicyclic) bond motifs is 1. The molecule has 8 nitrogen and oxygen atoms in total. The maximum Gasteiger partial charge on any atom is 0.338 e. The van der Waals surface area contributed by atoms with Crippen molar-refractivity contribution in [2.45, 2.75) is 12.8 Å². The van der Waals surface area contributed by atoms with Gasteiger partial charge in [-0.3, -0.25) is 4.79 Å². The van der Waals surface area contributed by atoms with Crippen LogP contribution in [-0.2, 0) is 14.3 Å². The molecule has 2 aliphatic heterocycles. The van der Waals surface area contributed by atoms with Gasteiger partial charge in [-0.25, -0.2) is 4.79 Å². The highest BCUT2D eigenvalue weighted by Crippen LogP contribution is 2.46. The summed E-state index contributed by atoms with van der Waals surface area (Å²) in [5, 5.41) is 10.4. The summed E-state index contributed by atoms with van der Waals surface area (Å²) in [6.45, 7) is 1.09. The Bertz CT molecular complexity index is 1010. The molecule has 2 aromatic carbocycles. The van der Waals surface area contributed by atoms with Gasteiger partial charge in [0.2, 0.25) is 6.79 Å². The minimum Gasteiger partial charge on any atom is -0.508 e. The number of esters is 2. The van der Waals surface area contributed by atoms with E-state index in [9.17, 15) is 14.7 Å². The van der Waals surface area contributed by atoms with Crippen LogP contribution in [0.5, 0.6) is 23.0 Å². The van der Waals surface area contributed by atoms with Crippen molar-refractivity contribution in [3.8, 4) is 23.0 Å². The number of aliphatic hydroxyl groups is 1. The SMILES string of the molecule is COc1ccc([C@@H](C2=C(O)COC2=O)c2cc3c(cc2OC(C)=O)OCO3)cc1. The monoisotopic (exact) mass is 398 g/mol. The van der Waals surface area contributed by atoms with Crippen molar-refractivity contribution in [3.05, 3.63) is 58.9 Å². The van der Waals surface area contributed by atoms with Crippen LogP contribution >= 0.6 is 0 Å².